The number of nitrogens with one attached hydrogen (secondary N) is 1. The van der Waals surface area contributed by atoms with E-state index >= 15 is 0 Å². The smallest absolute Gasteiger partial charge is 0.251 e. The van der Waals surface area contributed by atoms with Crippen molar-refractivity contribution in [1.82, 2.24) is 9.88 Å². The zero-order chi connectivity index (χ0) is 13.0. The van der Waals surface area contributed by atoms with Crippen LogP contribution in [0.15, 0.2) is 42.7 Å². The van der Waals surface area contributed by atoms with Gasteiger partial charge in [-0.15, -0.1) is 0 Å². The average Bonchev–Trinajstić information content (AvgIpc) is 2.82. The summed E-state index contributed by atoms with van der Waals surface area (Å²) in [6.07, 6.45) is 3.93. The van der Waals surface area contributed by atoms with Crippen LogP contribution in [-0.4, -0.2) is 17.6 Å². The van der Waals surface area contributed by atoms with E-state index in [-0.39, 0.29) is 5.91 Å². The van der Waals surface area contributed by atoms with Crippen molar-refractivity contribution in [2.75, 3.05) is 7.11 Å². The summed E-state index contributed by atoms with van der Waals surface area (Å²) in [7, 11) is 3.54. The highest BCUT2D eigenvalue weighted by atomic mass is 16.5. The van der Waals surface area contributed by atoms with Gasteiger partial charge in [0, 0.05) is 31.5 Å². The summed E-state index contributed by atoms with van der Waals surface area (Å²) in [5, 5.41) is 2.87. The predicted molar refractivity (Wildman–Crippen MR) is 69.6 cm³/mol. The lowest BCUT2D eigenvalue weighted by atomic mass is 10.2. The van der Waals surface area contributed by atoms with Gasteiger partial charge in [-0.25, -0.2) is 0 Å². The first-order chi connectivity index (χ1) is 8.69. The molecule has 2 aromatic rings. The molecule has 0 radical (unpaired) electrons. The van der Waals surface area contributed by atoms with Gasteiger partial charge in [0.25, 0.3) is 5.91 Å². The Morgan fingerprint density at radius 3 is 2.89 bits per heavy atom. The van der Waals surface area contributed by atoms with E-state index in [1.54, 1.807) is 25.3 Å². The number of rotatable bonds is 4. The molecule has 1 aromatic heterocycles. The molecule has 1 aromatic carbocycles. The summed E-state index contributed by atoms with van der Waals surface area (Å²) in [5.74, 6) is 0.583. The molecule has 1 amide bonds. The third-order valence-electron chi connectivity index (χ3n) is 2.68. The predicted octanol–water partition coefficient (Wildman–Crippen LogP) is 1.96. The molecule has 4 nitrogen and oxygen atoms in total. The Bertz CT molecular complexity index is 546. The molecule has 0 aliphatic carbocycles. The molecule has 4 heteroatoms. The number of hydrogen-bond acceptors (Lipinski definition) is 2. The molecule has 2 rings (SSSR count). The first-order valence-corrected chi connectivity index (χ1v) is 5.72. The maximum absolute atomic E-state index is 11.9. The number of aryl methyl sites for hydroxylation is 1. The third kappa shape index (κ3) is 2.91. The van der Waals surface area contributed by atoms with Crippen LogP contribution in [0.25, 0.3) is 0 Å². The van der Waals surface area contributed by atoms with Gasteiger partial charge in [0.1, 0.15) is 5.75 Å². The number of amides is 1. The lowest BCUT2D eigenvalue weighted by molar-refractivity contribution is 0.0950. The maximum atomic E-state index is 11.9. The van der Waals surface area contributed by atoms with Gasteiger partial charge in [0.05, 0.1) is 7.11 Å². The SMILES string of the molecule is COc1cccc(C(=O)NCc2ccn(C)c2)c1. The van der Waals surface area contributed by atoms with Crippen molar-refractivity contribution in [3.8, 4) is 5.75 Å². The van der Waals surface area contributed by atoms with E-state index in [2.05, 4.69) is 5.32 Å². The van der Waals surface area contributed by atoms with Gasteiger partial charge in [-0.3, -0.25) is 4.79 Å². The monoisotopic (exact) mass is 244 g/mol. The minimum Gasteiger partial charge on any atom is -0.497 e. The second-order valence-electron chi connectivity index (χ2n) is 4.10. The van der Waals surface area contributed by atoms with Crippen LogP contribution in [0.5, 0.6) is 5.75 Å². The fourth-order valence-electron chi connectivity index (χ4n) is 1.71. The second kappa shape index (κ2) is 5.40. The largest absolute Gasteiger partial charge is 0.497 e. The first kappa shape index (κ1) is 12.2. The highest BCUT2D eigenvalue weighted by Crippen LogP contribution is 2.12. The van der Waals surface area contributed by atoms with Crippen LogP contribution >= 0.6 is 0 Å². The van der Waals surface area contributed by atoms with E-state index in [9.17, 15) is 4.79 Å². The standard InChI is InChI=1S/C14H16N2O2/c1-16-7-6-11(10-16)9-15-14(17)12-4-3-5-13(8-12)18-2/h3-8,10H,9H2,1-2H3,(H,15,17). The van der Waals surface area contributed by atoms with E-state index in [4.69, 9.17) is 4.74 Å². The highest BCUT2D eigenvalue weighted by Gasteiger charge is 2.06. The number of aromatic nitrogens is 1. The molecule has 94 valence electrons. The summed E-state index contributed by atoms with van der Waals surface area (Å²) in [4.78, 5) is 11.9. The van der Waals surface area contributed by atoms with Crippen LogP contribution in [-0.2, 0) is 13.6 Å². The van der Waals surface area contributed by atoms with Crippen LogP contribution in [0.1, 0.15) is 15.9 Å². The summed E-state index contributed by atoms with van der Waals surface area (Å²) in [6, 6.07) is 9.08. The summed E-state index contributed by atoms with van der Waals surface area (Å²) >= 11 is 0. The summed E-state index contributed by atoms with van der Waals surface area (Å²) in [5.41, 5.74) is 1.68. The Morgan fingerprint density at radius 2 is 2.22 bits per heavy atom. The maximum Gasteiger partial charge on any atom is 0.251 e. The van der Waals surface area contributed by atoms with Crippen molar-refractivity contribution in [2.45, 2.75) is 6.54 Å². The number of carbonyl (C=O) groups excluding carboxylic acids is 1. The first-order valence-electron chi connectivity index (χ1n) is 5.72. The minimum absolute atomic E-state index is 0.0993. The van der Waals surface area contributed by atoms with Crippen LogP contribution in [0.3, 0.4) is 0 Å². The molecule has 0 bridgehead atoms. The molecule has 0 spiro atoms. The Hall–Kier alpha value is -2.23. The van der Waals surface area contributed by atoms with Gasteiger partial charge < -0.3 is 14.6 Å². The average molecular weight is 244 g/mol. The van der Waals surface area contributed by atoms with Crippen LogP contribution in [0.2, 0.25) is 0 Å². The summed E-state index contributed by atoms with van der Waals surface area (Å²) < 4.78 is 7.04. The zero-order valence-electron chi connectivity index (χ0n) is 10.5. The summed E-state index contributed by atoms with van der Waals surface area (Å²) in [6.45, 7) is 0.525. The number of nitrogens with zero attached hydrogens (tertiary/aromatic N) is 1. The number of ether oxygens (including phenoxy) is 1. The Kier molecular flexibility index (Phi) is 3.67. The van der Waals surface area contributed by atoms with Gasteiger partial charge in [-0.05, 0) is 29.8 Å². The molecule has 0 saturated heterocycles. The molecule has 0 unspecified atom stereocenters. The lowest BCUT2D eigenvalue weighted by Gasteiger charge is -2.05. The van der Waals surface area contributed by atoms with Gasteiger partial charge in [-0.2, -0.15) is 0 Å². The van der Waals surface area contributed by atoms with Crippen molar-refractivity contribution in [2.24, 2.45) is 7.05 Å². The van der Waals surface area contributed by atoms with Gasteiger partial charge >= 0.3 is 0 Å². The van der Waals surface area contributed by atoms with E-state index < -0.39 is 0 Å². The number of methoxy groups -OCH3 is 1. The van der Waals surface area contributed by atoms with Crippen molar-refractivity contribution in [3.05, 3.63) is 53.9 Å². The lowest BCUT2D eigenvalue weighted by Crippen LogP contribution is -2.22. The van der Waals surface area contributed by atoms with E-state index in [1.165, 1.54) is 0 Å². The van der Waals surface area contributed by atoms with E-state index in [1.807, 2.05) is 36.1 Å². The van der Waals surface area contributed by atoms with Crippen molar-refractivity contribution >= 4 is 5.91 Å². The Balaban J connectivity index is 1.99. The number of benzene rings is 1. The Morgan fingerprint density at radius 1 is 1.39 bits per heavy atom. The minimum atomic E-state index is -0.0993. The van der Waals surface area contributed by atoms with Gasteiger partial charge in [-0.1, -0.05) is 6.07 Å². The molecule has 0 atom stereocenters. The molecule has 18 heavy (non-hydrogen) atoms. The molecular formula is C14H16N2O2. The molecule has 0 fully saturated rings. The van der Waals surface area contributed by atoms with Crippen LogP contribution < -0.4 is 10.1 Å². The molecule has 1 heterocycles. The quantitative estimate of drug-likeness (QED) is 0.893. The van der Waals surface area contributed by atoms with Crippen molar-refractivity contribution in [1.29, 1.82) is 0 Å². The van der Waals surface area contributed by atoms with Crippen molar-refractivity contribution in [3.63, 3.8) is 0 Å². The molecular weight excluding hydrogens is 228 g/mol. The molecule has 0 aliphatic heterocycles. The fraction of sp³-hybridized carbons (Fsp3) is 0.214. The van der Waals surface area contributed by atoms with Gasteiger partial charge in [0.15, 0.2) is 0 Å². The molecule has 0 aliphatic rings. The van der Waals surface area contributed by atoms with Gasteiger partial charge in [0.2, 0.25) is 0 Å². The number of carbonyl (C=O) groups is 1. The van der Waals surface area contributed by atoms with Crippen LogP contribution in [0.4, 0.5) is 0 Å². The highest BCUT2D eigenvalue weighted by molar-refractivity contribution is 5.94. The van der Waals surface area contributed by atoms with Crippen molar-refractivity contribution < 1.29 is 9.53 Å². The fourth-order valence-corrected chi connectivity index (χ4v) is 1.71. The van der Waals surface area contributed by atoms with Crippen LogP contribution in [0, 0.1) is 0 Å². The normalized spacial score (nSPS) is 10.1. The van der Waals surface area contributed by atoms with E-state index in [0.29, 0.717) is 17.9 Å². The number of hydrogen-bond donors (Lipinski definition) is 1. The zero-order valence-corrected chi connectivity index (χ0v) is 10.5. The van der Waals surface area contributed by atoms with E-state index in [0.717, 1.165) is 5.56 Å². The second-order valence-corrected chi connectivity index (χ2v) is 4.10. The molecule has 0 saturated carbocycles. The Labute approximate surface area is 106 Å². The molecule has 1 N–H and O–H groups in total. The third-order valence-corrected chi connectivity index (χ3v) is 2.68. The topological polar surface area (TPSA) is 43.3 Å².